The van der Waals surface area contributed by atoms with Gasteiger partial charge >= 0.3 is 0 Å². The average molecular weight is 375 g/mol. The van der Waals surface area contributed by atoms with Crippen LogP contribution in [0.5, 0.6) is 0 Å². The van der Waals surface area contributed by atoms with E-state index in [1.54, 1.807) is 34.1 Å². The van der Waals surface area contributed by atoms with Crippen molar-refractivity contribution >= 4 is 11.6 Å². The zero-order chi connectivity index (χ0) is 19.7. The fourth-order valence-electron chi connectivity index (χ4n) is 4.39. The minimum absolute atomic E-state index is 0.224. The molecule has 0 aliphatic carbocycles. The van der Waals surface area contributed by atoms with Gasteiger partial charge in [-0.15, -0.1) is 0 Å². The van der Waals surface area contributed by atoms with E-state index in [0.717, 1.165) is 6.42 Å². The van der Waals surface area contributed by atoms with E-state index in [-0.39, 0.29) is 18.9 Å². The first-order valence-corrected chi connectivity index (χ1v) is 9.67. The van der Waals surface area contributed by atoms with E-state index in [0.29, 0.717) is 49.6 Å². The molecule has 4 nitrogen and oxygen atoms in total. The number of anilines is 1. The Morgan fingerprint density at radius 3 is 2.78 bits per heavy atom. The second kappa shape index (κ2) is 7.55. The molecule has 0 unspecified atom stereocenters. The van der Waals surface area contributed by atoms with Gasteiger partial charge in [0.1, 0.15) is 0 Å². The molecule has 2 aliphatic heterocycles. The largest absolute Gasteiger partial charge is 0.312 e. The molecule has 1 spiro atoms. The lowest BCUT2D eigenvalue weighted by atomic mass is 9.71. The first-order chi connectivity index (χ1) is 12.7. The molecule has 1 aromatic rings. The standard InChI is InChI=1S/C21H27F2N3O/c1-16(2)7-10-25-14-20(13-21(22,23)15-25)8-4-9-26(19(20)27)18-6-3-5-17(11-18)12-24/h3,5-6,11,16H,4,7-10,13-15H2,1-2H3/t20-/m0/s1. The summed E-state index contributed by atoms with van der Waals surface area (Å²) in [4.78, 5) is 16.7. The smallest absolute Gasteiger partial charge is 0.261 e. The molecule has 0 saturated carbocycles. The van der Waals surface area contributed by atoms with Crippen LogP contribution in [0.15, 0.2) is 24.3 Å². The molecular weight excluding hydrogens is 348 g/mol. The molecule has 2 fully saturated rings. The maximum absolute atomic E-state index is 14.6. The fourth-order valence-corrected chi connectivity index (χ4v) is 4.39. The third kappa shape index (κ3) is 4.30. The fraction of sp³-hybridized carbons (Fsp3) is 0.619. The van der Waals surface area contributed by atoms with Crippen LogP contribution in [0.3, 0.4) is 0 Å². The number of nitriles is 1. The topological polar surface area (TPSA) is 47.3 Å². The summed E-state index contributed by atoms with van der Waals surface area (Å²) in [6.07, 6.45) is 1.64. The number of halogens is 2. The first kappa shape index (κ1) is 19.8. The van der Waals surface area contributed by atoms with Gasteiger partial charge in [-0.05, 0) is 49.9 Å². The Hall–Kier alpha value is -2.00. The first-order valence-electron chi connectivity index (χ1n) is 9.67. The normalized spacial score (nSPS) is 25.8. The predicted molar refractivity (Wildman–Crippen MR) is 101 cm³/mol. The summed E-state index contributed by atoms with van der Waals surface area (Å²) in [6.45, 7) is 5.38. The molecule has 1 aromatic carbocycles. The molecule has 3 rings (SSSR count). The van der Waals surface area contributed by atoms with E-state index in [2.05, 4.69) is 19.9 Å². The molecule has 2 saturated heterocycles. The Bertz CT molecular complexity index is 743. The lowest BCUT2D eigenvalue weighted by molar-refractivity contribution is -0.154. The lowest BCUT2D eigenvalue weighted by Crippen LogP contribution is -2.61. The predicted octanol–water partition coefficient (Wildman–Crippen LogP) is 4.06. The minimum Gasteiger partial charge on any atom is -0.312 e. The summed E-state index contributed by atoms with van der Waals surface area (Å²) < 4.78 is 29.1. The molecule has 0 radical (unpaired) electrons. The zero-order valence-corrected chi connectivity index (χ0v) is 16.0. The third-order valence-corrected chi connectivity index (χ3v) is 5.62. The Balaban J connectivity index is 1.86. The monoisotopic (exact) mass is 375 g/mol. The molecular formula is C21H27F2N3O. The number of piperidine rings is 2. The van der Waals surface area contributed by atoms with Crippen molar-refractivity contribution in [2.45, 2.75) is 45.5 Å². The number of amides is 1. The van der Waals surface area contributed by atoms with Crippen LogP contribution in [0, 0.1) is 22.7 Å². The highest BCUT2D eigenvalue weighted by Gasteiger charge is 2.55. The number of carbonyl (C=O) groups excluding carboxylic acids is 1. The number of alkyl halides is 2. The van der Waals surface area contributed by atoms with Crippen molar-refractivity contribution < 1.29 is 13.6 Å². The lowest BCUT2D eigenvalue weighted by Gasteiger charge is -2.49. The van der Waals surface area contributed by atoms with Crippen LogP contribution in [0.1, 0.15) is 45.1 Å². The molecule has 1 amide bonds. The van der Waals surface area contributed by atoms with Crippen molar-refractivity contribution in [2.75, 3.05) is 31.1 Å². The van der Waals surface area contributed by atoms with E-state index < -0.39 is 11.3 Å². The maximum Gasteiger partial charge on any atom is 0.261 e. The molecule has 0 aromatic heterocycles. The SMILES string of the molecule is CC(C)CCN1CC(F)(F)C[C@@]2(CCCN(c3cccc(C#N)c3)C2=O)C1. The van der Waals surface area contributed by atoms with Gasteiger partial charge < -0.3 is 4.90 Å². The summed E-state index contributed by atoms with van der Waals surface area (Å²) in [6, 6.07) is 8.91. The highest BCUT2D eigenvalue weighted by atomic mass is 19.3. The zero-order valence-electron chi connectivity index (χ0n) is 16.0. The van der Waals surface area contributed by atoms with Gasteiger partial charge in [0.25, 0.3) is 5.92 Å². The highest BCUT2D eigenvalue weighted by Crippen LogP contribution is 2.46. The quantitative estimate of drug-likeness (QED) is 0.797. The number of carbonyl (C=O) groups is 1. The van der Waals surface area contributed by atoms with Crippen LogP contribution < -0.4 is 4.90 Å². The van der Waals surface area contributed by atoms with Crippen molar-refractivity contribution in [3.63, 3.8) is 0 Å². The third-order valence-electron chi connectivity index (χ3n) is 5.62. The maximum atomic E-state index is 14.6. The molecule has 0 N–H and O–H groups in total. The summed E-state index contributed by atoms with van der Waals surface area (Å²) in [5.74, 6) is -2.65. The molecule has 6 heteroatoms. The van der Waals surface area contributed by atoms with Crippen LogP contribution in [0.4, 0.5) is 14.5 Å². The van der Waals surface area contributed by atoms with Crippen LogP contribution in [0.25, 0.3) is 0 Å². The highest BCUT2D eigenvalue weighted by molar-refractivity contribution is 5.98. The number of likely N-dealkylation sites (tertiary alicyclic amines) is 1. The summed E-state index contributed by atoms with van der Waals surface area (Å²) in [5.41, 5.74) is 0.0489. The molecule has 27 heavy (non-hydrogen) atoms. The average Bonchev–Trinajstić information content (AvgIpc) is 2.61. The van der Waals surface area contributed by atoms with Crippen LogP contribution >= 0.6 is 0 Å². The van der Waals surface area contributed by atoms with Gasteiger partial charge in [0.15, 0.2) is 0 Å². The van der Waals surface area contributed by atoms with E-state index in [1.807, 2.05) is 0 Å². The van der Waals surface area contributed by atoms with Gasteiger partial charge in [-0.1, -0.05) is 19.9 Å². The van der Waals surface area contributed by atoms with Gasteiger partial charge in [-0.3, -0.25) is 9.69 Å². The second-order valence-electron chi connectivity index (χ2n) is 8.43. The number of benzene rings is 1. The number of hydrogen-bond acceptors (Lipinski definition) is 3. The van der Waals surface area contributed by atoms with Crippen molar-refractivity contribution in [1.82, 2.24) is 4.90 Å². The van der Waals surface area contributed by atoms with Crippen molar-refractivity contribution in [1.29, 1.82) is 5.26 Å². The molecule has 2 aliphatic rings. The summed E-state index contributed by atoms with van der Waals surface area (Å²) in [5, 5.41) is 9.12. The van der Waals surface area contributed by atoms with E-state index in [4.69, 9.17) is 5.26 Å². The van der Waals surface area contributed by atoms with Gasteiger partial charge in [0, 0.05) is 25.2 Å². The van der Waals surface area contributed by atoms with E-state index >= 15 is 0 Å². The van der Waals surface area contributed by atoms with Gasteiger partial charge in [-0.25, -0.2) is 8.78 Å². The second-order valence-corrected chi connectivity index (χ2v) is 8.43. The van der Waals surface area contributed by atoms with Crippen LogP contribution in [-0.2, 0) is 4.79 Å². The Labute approximate surface area is 159 Å². The van der Waals surface area contributed by atoms with Gasteiger partial charge in [0.05, 0.1) is 23.6 Å². The van der Waals surface area contributed by atoms with E-state index in [1.165, 1.54) is 0 Å². The molecule has 0 bridgehead atoms. The Morgan fingerprint density at radius 2 is 2.07 bits per heavy atom. The Kier molecular flexibility index (Phi) is 5.53. The molecule has 2 heterocycles. The van der Waals surface area contributed by atoms with Crippen molar-refractivity contribution in [3.05, 3.63) is 29.8 Å². The Morgan fingerprint density at radius 1 is 1.30 bits per heavy atom. The molecule has 1 atom stereocenters. The minimum atomic E-state index is -2.86. The number of hydrogen-bond donors (Lipinski definition) is 0. The van der Waals surface area contributed by atoms with Crippen molar-refractivity contribution in [3.8, 4) is 6.07 Å². The van der Waals surface area contributed by atoms with Crippen molar-refractivity contribution in [2.24, 2.45) is 11.3 Å². The van der Waals surface area contributed by atoms with E-state index in [9.17, 15) is 13.6 Å². The van der Waals surface area contributed by atoms with Crippen LogP contribution in [-0.4, -0.2) is 42.9 Å². The number of rotatable bonds is 4. The van der Waals surface area contributed by atoms with Gasteiger partial charge in [0.2, 0.25) is 5.91 Å². The number of nitrogens with zero attached hydrogens (tertiary/aromatic N) is 3. The summed E-state index contributed by atoms with van der Waals surface area (Å²) >= 11 is 0. The van der Waals surface area contributed by atoms with Crippen LogP contribution in [0.2, 0.25) is 0 Å². The molecule has 146 valence electrons. The van der Waals surface area contributed by atoms with Gasteiger partial charge in [-0.2, -0.15) is 5.26 Å². The summed E-state index contributed by atoms with van der Waals surface area (Å²) in [7, 11) is 0.